The van der Waals surface area contributed by atoms with Crippen LogP contribution in [0.2, 0.25) is 0 Å². The molecule has 1 saturated heterocycles. The molecule has 0 aromatic heterocycles. The first-order valence-electron chi connectivity index (χ1n) is 6.92. The predicted octanol–water partition coefficient (Wildman–Crippen LogP) is 1.42. The van der Waals surface area contributed by atoms with Crippen molar-refractivity contribution in [1.29, 1.82) is 0 Å². The normalized spacial score (nSPS) is 18.0. The molecule has 1 unspecified atom stereocenters. The number of carbonyl (C=O) groups excluding carboxylic acids is 1. The summed E-state index contributed by atoms with van der Waals surface area (Å²) in [6, 6.07) is 3.99. The van der Waals surface area contributed by atoms with Crippen LogP contribution in [0, 0.1) is 17.7 Å². The number of aliphatic hydroxyl groups is 1. The first kappa shape index (κ1) is 15.5. The van der Waals surface area contributed by atoms with E-state index in [0.717, 1.165) is 0 Å². The molecule has 0 saturated carbocycles. The summed E-state index contributed by atoms with van der Waals surface area (Å²) in [5.41, 5.74) is 0.739. The monoisotopic (exact) mass is 291 g/mol. The zero-order chi connectivity index (χ0) is 15.2. The van der Waals surface area contributed by atoms with Crippen LogP contribution in [0.5, 0.6) is 0 Å². The lowest BCUT2D eigenvalue weighted by Crippen LogP contribution is -2.44. The van der Waals surface area contributed by atoms with Crippen molar-refractivity contribution in [2.45, 2.75) is 19.4 Å². The van der Waals surface area contributed by atoms with Crippen LogP contribution in [0.4, 0.5) is 4.39 Å². The van der Waals surface area contributed by atoms with Gasteiger partial charge in [-0.15, -0.1) is 0 Å². The van der Waals surface area contributed by atoms with Crippen molar-refractivity contribution in [3.8, 4) is 11.8 Å². The van der Waals surface area contributed by atoms with Gasteiger partial charge in [0.15, 0.2) is 0 Å². The number of aliphatic hydroxyl groups excluding tert-OH is 1. The van der Waals surface area contributed by atoms with E-state index < -0.39 is 5.82 Å². The Morgan fingerprint density at radius 2 is 2.38 bits per heavy atom. The van der Waals surface area contributed by atoms with Crippen molar-refractivity contribution < 1.29 is 19.0 Å². The molecule has 1 N–H and O–H groups in total. The van der Waals surface area contributed by atoms with Crippen LogP contribution >= 0.6 is 0 Å². The molecular formula is C16H18FNO3. The molecule has 1 amide bonds. The molecule has 0 aliphatic carbocycles. The molecule has 1 aromatic rings. The summed E-state index contributed by atoms with van der Waals surface area (Å²) in [6.07, 6.45) is 0.291. The minimum atomic E-state index is -0.465. The largest absolute Gasteiger partial charge is 0.395 e. The molecule has 0 radical (unpaired) electrons. The van der Waals surface area contributed by atoms with Gasteiger partial charge in [0.05, 0.1) is 24.9 Å². The fourth-order valence-electron chi connectivity index (χ4n) is 2.19. The van der Waals surface area contributed by atoms with Crippen LogP contribution in [-0.2, 0) is 4.74 Å². The summed E-state index contributed by atoms with van der Waals surface area (Å²) in [5, 5.41) is 8.75. The number of ether oxygens (including phenoxy) is 1. The van der Waals surface area contributed by atoms with Gasteiger partial charge in [-0.2, -0.15) is 0 Å². The van der Waals surface area contributed by atoms with Gasteiger partial charge >= 0.3 is 0 Å². The van der Waals surface area contributed by atoms with E-state index in [0.29, 0.717) is 31.7 Å². The van der Waals surface area contributed by atoms with Crippen LogP contribution in [0.15, 0.2) is 18.2 Å². The average molecular weight is 291 g/mol. The Morgan fingerprint density at radius 3 is 3.10 bits per heavy atom. The molecule has 1 aliphatic rings. The van der Waals surface area contributed by atoms with Crippen LogP contribution in [-0.4, -0.2) is 48.3 Å². The molecule has 1 aliphatic heterocycles. The van der Waals surface area contributed by atoms with Gasteiger partial charge in [-0.05, 0) is 25.1 Å². The molecule has 0 spiro atoms. The van der Waals surface area contributed by atoms with E-state index in [4.69, 9.17) is 9.84 Å². The van der Waals surface area contributed by atoms with Gasteiger partial charge in [-0.1, -0.05) is 11.8 Å². The maximum Gasteiger partial charge on any atom is 0.255 e. The zero-order valence-corrected chi connectivity index (χ0v) is 11.9. The summed E-state index contributed by atoms with van der Waals surface area (Å²) in [7, 11) is 0. The lowest BCUT2D eigenvalue weighted by molar-refractivity contribution is -0.0124. The third-order valence-corrected chi connectivity index (χ3v) is 3.20. The smallest absolute Gasteiger partial charge is 0.255 e. The van der Waals surface area contributed by atoms with Gasteiger partial charge in [0, 0.05) is 25.1 Å². The van der Waals surface area contributed by atoms with Crippen LogP contribution < -0.4 is 0 Å². The summed E-state index contributed by atoms with van der Waals surface area (Å²) in [6.45, 7) is 3.31. The van der Waals surface area contributed by atoms with E-state index >= 15 is 0 Å². The van der Waals surface area contributed by atoms with Gasteiger partial charge in [0.1, 0.15) is 5.82 Å². The number of carbonyl (C=O) groups is 1. The molecule has 21 heavy (non-hydrogen) atoms. The minimum Gasteiger partial charge on any atom is -0.395 e. The van der Waals surface area contributed by atoms with Crippen molar-refractivity contribution in [2.24, 2.45) is 0 Å². The first-order chi connectivity index (χ1) is 10.1. The number of hydrogen-bond acceptors (Lipinski definition) is 3. The third-order valence-electron chi connectivity index (χ3n) is 3.20. The Morgan fingerprint density at radius 1 is 1.57 bits per heavy atom. The number of morpholine rings is 1. The van der Waals surface area contributed by atoms with E-state index in [1.807, 2.05) is 6.92 Å². The molecule has 1 fully saturated rings. The van der Waals surface area contributed by atoms with E-state index in [2.05, 4.69) is 11.8 Å². The highest BCUT2D eigenvalue weighted by atomic mass is 19.1. The van der Waals surface area contributed by atoms with E-state index in [1.54, 1.807) is 4.90 Å². The first-order valence-corrected chi connectivity index (χ1v) is 6.92. The zero-order valence-electron chi connectivity index (χ0n) is 11.9. The van der Waals surface area contributed by atoms with Gasteiger partial charge in [0.25, 0.3) is 5.91 Å². The van der Waals surface area contributed by atoms with Crippen LogP contribution in [0.1, 0.15) is 29.3 Å². The maximum absolute atomic E-state index is 13.5. The minimum absolute atomic E-state index is 0.0276. The van der Waals surface area contributed by atoms with Crippen molar-refractivity contribution in [2.75, 3.05) is 26.3 Å². The molecule has 1 atom stereocenters. The molecule has 2 rings (SSSR count). The van der Waals surface area contributed by atoms with Gasteiger partial charge in [-0.25, -0.2) is 4.39 Å². The number of nitrogens with zero attached hydrogens (tertiary/aromatic N) is 1. The summed E-state index contributed by atoms with van der Waals surface area (Å²) in [5.74, 6) is 4.87. The Labute approximate surface area is 123 Å². The molecule has 1 heterocycles. The molecule has 5 heteroatoms. The van der Waals surface area contributed by atoms with Gasteiger partial charge in [-0.3, -0.25) is 4.79 Å². The van der Waals surface area contributed by atoms with E-state index in [-0.39, 0.29) is 24.2 Å². The standard InChI is InChI=1S/C16H18FNO3/c1-12-11-18(7-9-21-12)16(20)15-10-14(17)6-5-13(15)4-2-3-8-19/h5-6,10,12,19H,3,7-9,11H2,1H3. The Kier molecular flexibility index (Phi) is 5.32. The number of amides is 1. The van der Waals surface area contributed by atoms with Crippen molar-refractivity contribution >= 4 is 5.91 Å². The highest BCUT2D eigenvalue weighted by molar-refractivity contribution is 5.96. The third kappa shape index (κ3) is 4.03. The molecule has 112 valence electrons. The second kappa shape index (κ2) is 7.21. The Hall–Kier alpha value is -1.90. The number of benzene rings is 1. The average Bonchev–Trinajstić information content (AvgIpc) is 2.48. The predicted molar refractivity (Wildman–Crippen MR) is 76.3 cm³/mol. The topological polar surface area (TPSA) is 49.8 Å². The number of rotatable bonds is 2. The SMILES string of the molecule is CC1CN(C(=O)c2cc(F)ccc2C#CCCO)CCO1. The van der Waals surface area contributed by atoms with Gasteiger partial charge < -0.3 is 14.7 Å². The quantitative estimate of drug-likeness (QED) is 0.838. The van der Waals surface area contributed by atoms with Crippen molar-refractivity contribution in [3.63, 3.8) is 0 Å². The molecular weight excluding hydrogens is 273 g/mol. The van der Waals surface area contributed by atoms with Crippen molar-refractivity contribution in [1.82, 2.24) is 4.90 Å². The Balaban J connectivity index is 2.26. The fraction of sp³-hybridized carbons (Fsp3) is 0.438. The lowest BCUT2D eigenvalue weighted by atomic mass is 10.1. The highest BCUT2D eigenvalue weighted by Crippen LogP contribution is 2.16. The number of hydrogen-bond donors (Lipinski definition) is 1. The molecule has 1 aromatic carbocycles. The van der Waals surface area contributed by atoms with E-state index in [1.165, 1.54) is 18.2 Å². The van der Waals surface area contributed by atoms with Crippen LogP contribution in [0.3, 0.4) is 0 Å². The summed E-state index contributed by atoms with van der Waals surface area (Å²) >= 11 is 0. The summed E-state index contributed by atoms with van der Waals surface area (Å²) < 4.78 is 18.9. The highest BCUT2D eigenvalue weighted by Gasteiger charge is 2.24. The summed E-state index contributed by atoms with van der Waals surface area (Å²) in [4.78, 5) is 14.2. The second-order valence-electron chi connectivity index (χ2n) is 4.90. The van der Waals surface area contributed by atoms with Crippen LogP contribution in [0.25, 0.3) is 0 Å². The number of halogens is 1. The van der Waals surface area contributed by atoms with E-state index in [9.17, 15) is 9.18 Å². The van der Waals surface area contributed by atoms with Gasteiger partial charge in [0.2, 0.25) is 0 Å². The second-order valence-corrected chi connectivity index (χ2v) is 4.90. The fourth-order valence-corrected chi connectivity index (χ4v) is 2.19. The molecule has 0 bridgehead atoms. The van der Waals surface area contributed by atoms with Crippen molar-refractivity contribution in [3.05, 3.63) is 35.1 Å². The Bertz CT molecular complexity index is 577. The maximum atomic E-state index is 13.5. The molecule has 4 nitrogen and oxygen atoms in total. The lowest BCUT2D eigenvalue weighted by Gasteiger charge is -2.31.